The van der Waals surface area contributed by atoms with Crippen molar-refractivity contribution in [3.8, 4) is 5.75 Å². The molecule has 1 fully saturated rings. The highest BCUT2D eigenvalue weighted by molar-refractivity contribution is 6.41. The molecule has 0 aliphatic carbocycles. The minimum Gasteiger partial charge on any atom is -0.495 e. The van der Waals surface area contributed by atoms with Gasteiger partial charge in [-0.25, -0.2) is 4.90 Å². The first-order valence-corrected chi connectivity index (χ1v) is 10.4. The lowest BCUT2D eigenvalue weighted by Crippen LogP contribution is -2.45. The van der Waals surface area contributed by atoms with E-state index in [-0.39, 0.29) is 11.8 Å². The zero-order valence-corrected chi connectivity index (χ0v) is 17.9. The topological polar surface area (TPSA) is 53.1 Å². The number of nitrogens with zero attached hydrogens (tertiary/aromatic N) is 3. The molecule has 0 spiro atoms. The lowest BCUT2D eigenvalue weighted by Gasteiger charge is -2.35. The summed E-state index contributed by atoms with van der Waals surface area (Å²) < 4.78 is 5.41. The van der Waals surface area contributed by atoms with Crippen LogP contribution in [0.25, 0.3) is 5.57 Å². The second kappa shape index (κ2) is 8.50. The van der Waals surface area contributed by atoms with E-state index in [1.54, 1.807) is 30.3 Å². The van der Waals surface area contributed by atoms with Crippen LogP contribution in [-0.2, 0) is 4.79 Å². The molecule has 7 heteroatoms. The number of hydrogen-bond donors (Lipinski definition) is 0. The Labute approximate surface area is 181 Å². The predicted molar refractivity (Wildman–Crippen MR) is 118 cm³/mol. The van der Waals surface area contributed by atoms with Gasteiger partial charge < -0.3 is 14.5 Å². The van der Waals surface area contributed by atoms with Crippen molar-refractivity contribution in [1.29, 1.82) is 0 Å². The van der Waals surface area contributed by atoms with Gasteiger partial charge in [-0.05, 0) is 30.8 Å². The standard InChI is InChI=1S/C23H24ClN3O3/c1-3-25-10-12-26(13-11-25)15-19-17-6-4-5-7-18(17)22(28)27(23(19)29)20-14-16(24)8-9-21(20)30-2/h4-9,14-15H,3,10-13H2,1-2H3. The van der Waals surface area contributed by atoms with Gasteiger partial charge in [-0.15, -0.1) is 0 Å². The number of carbonyl (C=O) groups is 2. The summed E-state index contributed by atoms with van der Waals surface area (Å²) >= 11 is 6.18. The fraction of sp³-hybridized carbons (Fsp3) is 0.304. The molecular formula is C23H24ClN3O3. The largest absolute Gasteiger partial charge is 0.495 e. The predicted octanol–water partition coefficient (Wildman–Crippen LogP) is 3.51. The first-order chi connectivity index (χ1) is 14.5. The maximum atomic E-state index is 13.6. The zero-order valence-electron chi connectivity index (χ0n) is 17.1. The highest BCUT2D eigenvalue weighted by Gasteiger charge is 2.37. The molecule has 0 bridgehead atoms. The first kappa shape index (κ1) is 20.4. The summed E-state index contributed by atoms with van der Waals surface area (Å²) in [6, 6.07) is 12.1. The Balaban J connectivity index is 1.79. The molecule has 2 aromatic carbocycles. The van der Waals surface area contributed by atoms with Crippen LogP contribution < -0.4 is 9.64 Å². The Bertz CT molecular complexity index is 1010. The monoisotopic (exact) mass is 425 g/mol. The molecule has 0 radical (unpaired) electrons. The smallest absolute Gasteiger partial charge is 0.267 e. The van der Waals surface area contributed by atoms with E-state index in [1.165, 1.54) is 12.0 Å². The van der Waals surface area contributed by atoms with Crippen LogP contribution in [0.3, 0.4) is 0 Å². The Morgan fingerprint density at radius 1 is 1.00 bits per heavy atom. The van der Waals surface area contributed by atoms with Crippen LogP contribution in [0.2, 0.25) is 5.02 Å². The molecule has 2 aromatic rings. The molecule has 30 heavy (non-hydrogen) atoms. The van der Waals surface area contributed by atoms with Gasteiger partial charge in [0.1, 0.15) is 5.75 Å². The van der Waals surface area contributed by atoms with Crippen molar-refractivity contribution in [3.05, 3.63) is 64.8 Å². The number of rotatable bonds is 4. The van der Waals surface area contributed by atoms with Gasteiger partial charge in [-0.3, -0.25) is 9.59 Å². The molecule has 2 aliphatic heterocycles. The molecule has 0 unspecified atom stereocenters. The fourth-order valence-electron chi connectivity index (χ4n) is 3.93. The van der Waals surface area contributed by atoms with Crippen LogP contribution in [-0.4, -0.2) is 61.4 Å². The van der Waals surface area contributed by atoms with E-state index in [9.17, 15) is 9.59 Å². The Kier molecular flexibility index (Phi) is 5.79. The van der Waals surface area contributed by atoms with Crippen LogP contribution >= 0.6 is 11.6 Å². The van der Waals surface area contributed by atoms with Gasteiger partial charge in [0.25, 0.3) is 11.8 Å². The number of methoxy groups -OCH3 is 1. The van der Waals surface area contributed by atoms with Gasteiger partial charge in [0.15, 0.2) is 0 Å². The van der Waals surface area contributed by atoms with E-state index < -0.39 is 0 Å². The van der Waals surface area contributed by atoms with Crippen molar-refractivity contribution in [1.82, 2.24) is 9.80 Å². The van der Waals surface area contributed by atoms with Crippen LogP contribution in [0.1, 0.15) is 22.8 Å². The number of benzene rings is 2. The van der Waals surface area contributed by atoms with Gasteiger partial charge in [-0.2, -0.15) is 0 Å². The Morgan fingerprint density at radius 2 is 1.70 bits per heavy atom. The minimum atomic E-state index is -0.385. The third-order valence-corrected chi connectivity index (χ3v) is 5.87. The van der Waals surface area contributed by atoms with Gasteiger partial charge in [0.05, 0.1) is 18.4 Å². The van der Waals surface area contributed by atoms with E-state index in [2.05, 4.69) is 16.7 Å². The van der Waals surface area contributed by atoms with Crippen LogP contribution in [0, 0.1) is 0 Å². The molecule has 2 aliphatic rings. The van der Waals surface area contributed by atoms with Gasteiger partial charge in [0, 0.05) is 48.5 Å². The maximum Gasteiger partial charge on any atom is 0.267 e. The minimum absolute atomic E-state index is 0.344. The third kappa shape index (κ3) is 3.68. The molecular weight excluding hydrogens is 402 g/mol. The summed E-state index contributed by atoms with van der Waals surface area (Å²) in [5.74, 6) is -0.349. The average molecular weight is 426 g/mol. The number of piperazine rings is 1. The number of carbonyl (C=O) groups excluding carboxylic acids is 2. The summed E-state index contributed by atoms with van der Waals surface area (Å²) in [6.45, 7) is 6.73. The Hall–Kier alpha value is -2.83. The molecule has 0 saturated carbocycles. The Morgan fingerprint density at radius 3 is 2.37 bits per heavy atom. The quantitative estimate of drug-likeness (QED) is 0.554. The van der Waals surface area contributed by atoms with Crippen molar-refractivity contribution in [2.45, 2.75) is 6.92 Å². The molecule has 2 heterocycles. The lowest BCUT2D eigenvalue weighted by atomic mass is 9.93. The summed E-state index contributed by atoms with van der Waals surface area (Å²) in [5.41, 5.74) is 1.98. The first-order valence-electron chi connectivity index (χ1n) is 10.0. The summed E-state index contributed by atoms with van der Waals surface area (Å²) in [4.78, 5) is 32.6. The molecule has 4 rings (SSSR count). The normalized spacial score (nSPS) is 18.7. The third-order valence-electron chi connectivity index (χ3n) is 5.63. The number of imide groups is 1. The van der Waals surface area contributed by atoms with Gasteiger partial charge in [-0.1, -0.05) is 36.7 Å². The van der Waals surface area contributed by atoms with Crippen molar-refractivity contribution < 1.29 is 14.3 Å². The second-order valence-electron chi connectivity index (χ2n) is 7.32. The highest BCUT2D eigenvalue weighted by atomic mass is 35.5. The second-order valence-corrected chi connectivity index (χ2v) is 7.76. The molecule has 1 saturated heterocycles. The van der Waals surface area contributed by atoms with Gasteiger partial charge in [0.2, 0.25) is 0 Å². The van der Waals surface area contributed by atoms with E-state index in [4.69, 9.17) is 16.3 Å². The number of halogens is 1. The molecule has 0 aromatic heterocycles. The molecule has 2 amide bonds. The highest BCUT2D eigenvalue weighted by Crippen LogP contribution is 2.38. The average Bonchev–Trinajstić information content (AvgIpc) is 2.77. The lowest BCUT2D eigenvalue weighted by molar-refractivity contribution is -0.112. The molecule has 0 atom stereocenters. The number of fused-ring (bicyclic) bond motifs is 1. The van der Waals surface area contributed by atoms with Gasteiger partial charge >= 0.3 is 0 Å². The molecule has 6 nitrogen and oxygen atoms in total. The van der Waals surface area contributed by atoms with E-state index in [0.717, 1.165) is 32.7 Å². The number of ether oxygens (including phenoxy) is 1. The van der Waals surface area contributed by atoms with Crippen molar-refractivity contribution in [2.24, 2.45) is 0 Å². The summed E-state index contributed by atoms with van der Waals surface area (Å²) in [7, 11) is 1.50. The number of amides is 2. The van der Waals surface area contributed by atoms with Crippen LogP contribution in [0.15, 0.2) is 48.7 Å². The summed E-state index contributed by atoms with van der Waals surface area (Å²) in [6.07, 6.45) is 1.89. The zero-order chi connectivity index (χ0) is 21.3. The summed E-state index contributed by atoms with van der Waals surface area (Å²) in [5, 5.41) is 0.423. The van der Waals surface area contributed by atoms with Crippen molar-refractivity contribution in [3.63, 3.8) is 0 Å². The maximum absolute atomic E-state index is 13.6. The van der Waals surface area contributed by atoms with Crippen molar-refractivity contribution in [2.75, 3.05) is 44.7 Å². The van der Waals surface area contributed by atoms with Crippen molar-refractivity contribution >= 4 is 34.7 Å². The molecule has 156 valence electrons. The number of anilines is 1. The van der Waals surface area contributed by atoms with E-state index >= 15 is 0 Å². The van der Waals surface area contributed by atoms with E-state index in [1.807, 2.05) is 18.3 Å². The number of hydrogen-bond acceptors (Lipinski definition) is 5. The van der Waals surface area contributed by atoms with Crippen LogP contribution in [0.5, 0.6) is 5.75 Å². The number of likely N-dealkylation sites (N-methyl/N-ethyl adjacent to an activating group) is 1. The SMILES string of the molecule is CCN1CCN(C=C2C(=O)N(c3cc(Cl)ccc3OC)C(=O)c3ccccc32)CC1. The van der Waals surface area contributed by atoms with Crippen LogP contribution in [0.4, 0.5) is 5.69 Å². The molecule has 0 N–H and O–H groups in total. The fourth-order valence-corrected chi connectivity index (χ4v) is 4.09. The van der Waals surface area contributed by atoms with E-state index in [0.29, 0.717) is 33.2 Å².